The Bertz CT molecular complexity index is 1320. The molecule has 4 rings (SSSR count). The molecule has 2 N–H and O–H groups in total. The molecule has 0 saturated heterocycles. The largest absolute Gasteiger partial charge is 0.421 e. The van der Waals surface area contributed by atoms with Crippen LogP contribution in [-0.2, 0) is 6.42 Å². The van der Waals surface area contributed by atoms with Crippen LogP contribution in [0.15, 0.2) is 45.6 Å². The highest BCUT2D eigenvalue weighted by Gasteiger charge is 2.16. The maximum Gasteiger partial charge on any atom is 0.349 e. The molecule has 0 aliphatic carbocycles. The summed E-state index contributed by atoms with van der Waals surface area (Å²) in [7, 11) is 0. The second kappa shape index (κ2) is 7.58. The molecule has 0 radical (unpaired) electrons. The third-order valence-corrected chi connectivity index (χ3v) is 5.52. The average Bonchev–Trinajstić information content (AvgIpc) is 2.99. The number of hydrogen-bond acceptors (Lipinski definition) is 3. The Morgan fingerprint density at radius 1 is 1.17 bits per heavy atom. The van der Waals surface area contributed by atoms with Gasteiger partial charge in [-0.1, -0.05) is 41.4 Å². The molecule has 0 atom stereocenters. The smallest absolute Gasteiger partial charge is 0.349 e. The molecule has 0 bridgehead atoms. The lowest BCUT2D eigenvalue weighted by atomic mass is 10.1. The van der Waals surface area contributed by atoms with Crippen molar-refractivity contribution in [2.24, 2.45) is 0 Å². The molecule has 29 heavy (non-hydrogen) atoms. The molecule has 0 fully saturated rings. The first-order chi connectivity index (χ1) is 13.8. The van der Waals surface area contributed by atoms with Crippen LogP contribution in [0.5, 0.6) is 0 Å². The lowest BCUT2D eigenvalue weighted by Gasteiger charge is -2.07. The Morgan fingerprint density at radius 3 is 2.76 bits per heavy atom. The van der Waals surface area contributed by atoms with Crippen LogP contribution in [-0.4, -0.2) is 17.4 Å². The number of H-pyrrole nitrogens is 1. The van der Waals surface area contributed by atoms with Gasteiger partial charge in [0.1, 0.15) is 5.56 Å². The molecule has 2 aromatic carbocycles. The molecule has 2 aromatic heterocycles. The number of amides is 1. The predicted octanol–water partition coefficient (Wildman–Crippen LogP) is 5.17. The molecular weight excluding hydrogens is 411 g/mol. The van der Waals surface area contributed by atoms with E-state index in [1.807, 2.05) is 13.0 Å². The Morgan fingerprint density at radius 2 is 1.97 bits per heavy atom. The summed E-state index contributed by atoms with van der Waals surface area (Å²) in [5.41, 5.74) is 3.89. The molecule has 4 aromatic rings. The number of aromatic nitrogens is 1. The third-order valence-electron chi connectivity index (χ3n) is 5.02. The van der Waals surface area contributed by atoms with Crippen molar-refractivity contribution < 1.29 is 9.21 Å². The molecule has 7 heteroatoms. The molecule has 0 saturated carbocycles. The van der Waals surface area contributed by atoms with E-state index in [4.69, 9.17) is 27.6 Å². The summed E-state index contributed by atoms with van der Waals surface area (Å²) in [6.45, 7) is 4.46. The maximum atomic E-state index is 12.6. The molecule has 0 aliphatic rings. The van der Waals surface area contributed by atoms with Gasteiger partial charge in [0, 0.05) is 33.6 Å². The first kappa shape index (κ1) is 19.6. The number of carbonyl (C=O) groups is 1. The lowest BCUT2D eigenvalue weighted by molar-refractivity contribution is 0.0950. The van der Waals surface area contributed by atoms with Crippen LogP contribution in [0, 0.1) is 13.8 Å². The van der Waals surface area contributed by atoms with E-state index in [0.717, 1.165) is 22.2 Å². The molecule has 2 heterocycles. The summed E-state index contributed by atoms with van der Waals surface area (Å²) < 4.78 is 5.23. The quantitative estimate of drug-likeness (QED) is 0.440. The molecule has 148 valence electrons. The fourth-order valence-corrected chi connectivity index (χ4v) is 4.13. The maximum absolute atomic E-state index is 12.6. The van der Waals surface area contributed by atoms with E-state index >= 15 is 0 Å². The van der Waals surface area contributed by atoms with Crippen molar-refractivity contribution in [1.29, 1.82) is 0 Å². The number of rotatable bonds is 4. The van der Waals surface area contributed by atoms with Gasteiger partial charge in [-0.25, -0.2) is 4.79 Å². The highest BCUT2D eigenvalue weighted by atomic mass is 35.5. The number of benzene rings is 2. The summed E-state index contributed by atoms with van der Waals surface area (Å²) in [5.74, 6) is -0.495. The minimum absolute atomic E-state index is 0.0812. The van der Waals surface area contributed by atoms with Crippen molar-refractivity contribution in [1.82, 2.24) is 10.3 Å². The second-order valence-corrected chi connectivity index (χ2v) is 7.83. The first-order valence-electron chi connectivity index (χ1n) is 9.13. The number of aromatic amines is 1. The van der Waals surface area contributed by atoms with Crippen molar-refractivity contribution in [3.05, 3.63) is 79.2 Å². The number of para-hydroxylation sites is 1. The van der Waals surface area contributed by atoms with Gasteiger partial charge in [-0.05, 0) is 49.6 Å². The zero-order chi connectivity index (χ0) is 20.7. The molecule has 0 spiro atoms. The standard InChI is InChI=1S/C22H18Cl2N2O3/c1-11-4-3-5-16-15(12(2)26-19(11)16)6-7-25-21(27)17-9-13-8-14(23)10-18(24)20(13)29-22(17)28/h3-5,8-10,26H,6-7H2,1-2H3,(H,25,27). The monoisotopic (exact) mass is 428 g/mol. The van der Waals surface area contributed by atoms with Gasteiger partial charge in [-0.3, -0.25) is 4.79 Å². The number of fused-ring (bicyclic) bond motifs is 2. The molecule has 1 amide bonds. The van der Waals surface area contributed by atoms with Gasteiger partial charge in [-0.15, -0.1) is 0 Å². The van der Waals surface area contributed by atoms with Crippen LogP contribution in [0.25, 0.3) is 21.9 Å². The van der Waals surface area contributed by atoms with Gasteiger partial charge in [-0.2, -0.15) is 0 Å². The second-order valence-electron chi connectivity index (χ2n) is 6.99. The Kier molecular flexibility index (Phi) is 5.11. The number of halogens is 2. The van der Waals surface area contributed by atoms with E-state index in [1.54, 1.807) is 6.07 Å². The SMILES string of the molecule is Cc1[nH]c2c(C)cccc2c1CCNC(=O)c1cc2cc(Cl)cc(Cl)c2oc1=O. The fourth-order valence-electron chi connectivity index (χ4n) is 3.58. The summed E-state index contributed by atoms with van der Waals surface area (Å²) >= 11 is 12.1. The van der Waals surface area contributed by atoms with Gasteiger partial charge in [0.2, 0.25) is 0 Å². The number of aryl methyl sites for hydroxylation is 2. The topological polar surface area (TPSA) is 75.1 Å². The van der Waals surface area contributed by atoms with E-state index < -0.39 is 11.5 Å². The summed E-state index contributed by atoms with van der Waals surface area (Å²) in [6.07, 6.45) is 0.637. The van der Waals surface area contributed by atoms with Crippen molar-refractivity contribution in [2.75, 3.05) is 6.54 Å². The van der Waals surface area contributed by atoms with Crippen LogP contribution >= 0.6 is 23.2 Å². The summed E-state index contributed by atoms with van der Waals surface area (Å²) in [4.78, 5) is 28.2. The molecule has 0 unspecified atom stereocenters. The van der Waals surface area contributed by atoms with Crippen molar-refractivity contribution in [2.45, 2.75) is 20.3 Å². The van der Waals surface area contributed by atoms with E-state index in [-0.39, 0.29) is 16.2 Å². The van der Waals surface area contributed by atoms with Crippen molar-refractivity contribution in [3.63, 3.8) is 0 Å². The van der Waals surface area contributed by atoms with E-state index in [9.17, 15) is 9.59 Å². The predicted molar refractivity (Wildman–Crippen MR) is 116 cm³/mol. The minimum Gasteiger partial charge on any atom is -0.421 e. The lowest BCUT2D eigenvalue weighted by Crippen LogP contribution is -2.30. The minimum atomic E-state index is -0.738. The zero-order valence-electron chi connectivity index (χ0n) is 15.9. The molecular formula is C22H18Cl2N2O3. The van der Waals surface area contributed by atoms with Gasteiger partial charge in [0.15, 0.2) is 5.58 Å². The van der Waals surface area contributed by atoms with Gasteiger partial charge in [0.25, 0.3) is 5.91 Å². The summed E-state index contributed by atoms with van der Waals surface area (Å²) in [6, 6.07) is 10.7. The van der Waals surface area contributed by atoms with E-state index in [1.165, 1.54) is 17.7 Å². The van der Waals surface area contributed by atoms with Crippen LogP contribution in [0.2, 0.25) is 10.0 Å². The Hall–Kier alpha value is -2.76. The average molecular weight is 429 g/mol. The number of nitrogens with one attached hydrogen (secondary N) is 2. The van der Waals surface area contributed by atoms with Crippen LogP contribution < -0.4 is 10.9 Å². The van der Waals surface area contributed by atoms with Crippen LogP contribution in [0.3, 0.4) is 0 Å². The number of carbonyl (C=O) groups excluding carboxylic acids is 1. The van der Waals surface area contributed by atoms with Crippen molar-refractivity contribution in [3.8, 4) is 0 Å². The van der Waals surface area contributed by atoms with Crippen molar-refractivity contribution >= 4 is 51.0 Å². The zero-order valence-corrected chi connectivity index (χ0v) is 17.4. The Balaban J connectivity index is 1.55. The van der Waals surface area contributed by atoms with Crippen LogP contribution in [0.1, 0.15) is 27.2 Å². The van der Waals surface area contributed by atoms with E-state index in [2.05, 4.69) is 29.4 Å². The Labute approximate surface area is 176 Å². The molecule has 0 aliphatic heterocycles. The number of hydrogen-bond donors (Lipinski definition) is 2. The summed E-state index contributed by atoms with van der Waals surface area (Å²) in [5, 5.41) is 5.06. The van der Waals surface area contributed by atoms with Gasteiger partial charge < -0.3 is 14.7 Å². The van der Waals surface area contributed by atoms with Gasteiger partial charge >= 0.3 is 5.63 Å². The van der Waals surface area contributed by atoms with Crippen LogP contribution in [0.4, 0.5) is 0 Å². The molecule has 5 nitrogen and oxygen atoms in total. The normalized spacial score (nSPS) is 11.3. The highest BCUT2D eigenvalue weighted by molar-refractivity contribution is 6.38. The van der Waals surface area contributed by atoms with E-state index in [0.29, 0.717) is 23.4 Å². The highest BCUT2D eigenvalue weighted by Crippen LogP contribution is 2.27. The first-order valence-corrected chi connectivity index (χ1v) is 9.88. The third kappa shape index (κ3) is 3.63. The van der Waals surface area contributed by atoms with Gasteiger partial charge in [0.05, 0.1) is 5.02 Å². The fraction of sp³-hybridized carbons (Fsp3) is 0.182.